The Morgan fingerprint density at radius 2 is 1.93 bits per heavy atom. The molecule has 3 heteroatoms. The molecule has 2 N–H and O–H groups in total. The van der Waals surface area contributed by atoms with Crippen molar-refractivity contribution in [2.45, 2.75) is 37.1 Å². The fourth-order valence-corrected chi connectivity index (χ4v) is 2.64. The zero-order valence-corrected chi connectivity index (χ0v) is 8.39. The van der Waals surface area contributed by atoms with Gasteiger partial charge >= 0.3 is 0 Å². The van der Waals surface area contributed by atoms with Crippen LogP contribution in [-0.4, -0.2) is 5.92 Å². The number of aryl methyl sites for hydroxylation is 1. The largest absolute Gasteiger partial charge is 0.316 e. The summed E-state index contributed by atoms with van der Waals surface area (Å²) in [6.45, 7) is 0. The van der Waals surface area contributed by atoms with Crippen LogP contribution in [0, 0.1) is 0 Å². The zero-order chi connectivity index (χ0) is 10.7. The van der Waals surface area contributed by atoms with Gasteiger partial charge in [0.05, 0.1) is 0 Å². The van der Waals surface area contributed by atoms with Gasteiger partial charge in [-0.25, -0.2) is 8.78 Å². The molecular formula is C12H13F2N. The Bertz CT molecular complexity index is 428. The van der Waals surface area contributed by atoms with E-state index in [2.05, 4.69) is 0 Å². The second kappa shape index (κ2) is 2.59. The molecule has 1 atom stereocenters. The van der Waals surface area contributed by atoms with Gasteiger partial charge in [0.15, 0.2) is 0 Å². The molecule has 2 aliphatic carbocycles. The van der Waals surface area contributed by atoms with Crippen LogP contribution in [0.4, 0.5) is 8.78 Å². The number of hydrogen-bond acceptors (Lipinski definition) is 1. The number of benzene rings is 1. The van der Waals surface area contributed by atoms with Crippen LogP contribution in [0.25, 0.3) is 0 Å². The van der Waals surface area contributed by atoms with Crippen LogP contribution in [0.5, 0.6) is 0 Å². The van der Waals surface area contributed by atoms with Crippen molar-refractivity contribution in [2.75, 3.05) is 0 Å². The highest BCUT2D eigenvalue weighted by molar-refractivity contribution is 5.47. The van der Waals surface area contributed by atoms with E-state index in [1.54, 1.807) is 6.07 Å². The third-order valence-corrected chi connectivity index (χ3v) is 3.66. The summed E-state index contributed by atoms with van der Waals surface area (Å²) in [6.07, 6.45) is 2.77. The number of halogens is 2. The standard InChI is InChI=1S/C12H13F2N/c13-12(14)7-11(12,15)10-6-2-4-8-3-1-5-9(8)10/h2,4,6H,1,3,5,7,15H2. The Kier molecular flexibility index (Phi) is 1.60. The van der Waals surface area contributed by atoms with Crippen molar-refractivity contribution in [3.63, 3.8) is 0 Å². The average molecular weight is 209 g/mol. The molecule has 1 aromatic carbocycles. The first-order chi connectivity index (χ1) is 7.05. The number of hydrogen-bond donors (Lipinski definition) is 1. The lowest BCUT2D eigenvalue weighted by Gasteiger charge is -2.15. The Hall–Kier alpha value is -0.960. The van der Waals surface area contributed by atoms with Crippen LogP contribution in [-0.2, 0) is 18.4 Å². The molecule has 0 spiro atoms. The SMILES string of the molecule is NC1(c2cccc3c2CCC3)CC1(F)F. The predicted octanol–water partition coefficient (Wildman–Crippen LogP) is 2.37. The summed E-state index contributed by atoms with van der Waals surface area (Å²) in [7, 11) is 0. The molecule has 0 aromatic heterocycles. The molecule has 2 aliphatic rings. The van der Waals surface area contributed by atoms with Crippen molar-refractivity contribution < 1.29 is 8.78 Å². The molecule has 1 saturated carbocycles. The minimum Gasteiger partial charge on any atom is -0.316 e. The first-order valence-corrected chi connectivity index (χ1v) is 5.32. The van der Waals surface area contributed by atoms with Gasteiger partial charge in [-0.2, -0.15) is 0 Å². The second-order valence-corrected chi connectivity index (χ2v) is 4.65. The number of rotatable bonds is 1. The predicted molar refractivity (Wildman–Crippen MR) is 53.9 cm³/mol. The minimum absolute atomic E-state index is 0.198. The Morgan fingerprint density at radius 3 is 2.60 bits per heavy atom. The molecule has 1 nitrogen and oxygen atoms in total. The van der Waals surface area contributed by atoms with Gasteiger partial charge < -0.3 is 5.73 Å². The summed E-state index contributed by atoms with van der Waals surface area (Å²) in [4.78, 5) is 0. The molecule has 1 unspecified atom stereocenters. The lowest BCUT2D eigenvalue weighted by Crippen LogP contribution is -2.28. The molecule has 1 fully saturated rings. The molecule has 0 bridgehead atoms. The third kappa shape index (κ3) is 1.10. The average Bonchev–Trinajstić information content (AvgIpc) is 2.61. The van der Waals surface area contributed by atoms with Gasteiger partial charge in [-0.15, -0.1) is 0 Å². The lowest BCUT2D eigenvalue weighted by molar-refractivity contribution is 0.0889. The molecule has 3 rings (SSSR count). The normalized spacial score (nSPS) is 31.4. The molecule has 15 heavy (non-hydrogen) atoms. The van der Waals surface area contributed by atoms with E-state index in [1.165, 1.54) is 5.56 Å². The zero-order valence-electron chi connectivity index (χ0n) is 8.39. The van der Waals surface area contributed by atoms with Crippen molar-refractivity contribution in [2.24, 2.45) is 5.73 Å². The van der Waals surface area contributed by atoms with Crippen LogP contribution in [0.1, 0.15) is 29.5 Å². The van der Waals surface area contributed by atoms with Crippen molar-refractivity contribution >= 4 is 0 Å². The van der Waals surface area contributed by atoms with E-state index in [0.29, 0.717) is 5.56 Å². The molecule has 0 heterocycles. The highest BCUT2D eigenvalue weighted by Gasteiger charge is 2.70. The Morgan fingerprint density at radius 1 is 1.20 bits per heavy atom. The van der Waals surface area contributed by atoms with E-state index in [0.717, 1.165) is 24.8 Å². The molecule has 80 valence electrons. The Labute approximate surface area is 87.3 Å². The van der Waals surface area contributed by atoms with Gasteiger partial charge in [0.1, 0.15) is 5.54 Å². The van der Waals surface area contributed by atoms with Crippen LogP contribution in [0.3, 0.4) is 0 Å². The van der Waals surface area contributed by atoms with E-state index in [-0.39, 0.29) is 6.42 Å². The summed E-state index contributed by atoms with van der Waals surface area (Å²) in [5.41, 5.74) is 7.37. The van der Waals surface area contributed by atoms with Crippen molar-refractivity contribution in [1.29, 1.82) is 0 Å². The van der Waals surface area contributed by atoms with Crippen LogP contribution in [0.15, 0.2) is 18.2 Å². The fraction of sp³-hybridized carbons (Fsp3) is 0.500. The van der Waals surface area contributed by atoms with Gasteiger partial charge in [-0.05, 0) is 36.0 Å². The maximum Gasteiger partial charge on any atom is 0.272 e. The van der Waals surface area contributed by atoms with Crippen molar-refractivity contribution in [3.8, 4) is 0 Å². The molecule has 0 aliphatic heterocycles. The molecule has 0 radical (unpaired) electrons. The second-order valence-electron chi connectivity index (χ2n) is 4.65. The summed E-state index contributed by atoms with van der Waals surface area (Å²) in [5, 5.41) is 0. The molecule has 0 saturated heterocycles. The van der Waals surface area contributed by atoms with Crippen LogP contribution in [0.2, 0.25) is 0 Å². The van der Waals surface area contributed by atoms with E-state index < -0.39 is 11.5 Å². The summed E-state index contributed by atoms with van der Waals surface area (Å²) >= 11 is 0. The quantitative estimate of drug-likeness (QED) is 0.755. The van der Waals surface area contributed by atoms with Gasteiger partial charge in [0, 0.05) is 6.42 Å². The monoisotopic (exact) mass is 209 g/mol. The van der Waals surface area contributed by atoms with E-state index in [9.17, 15) is 8.78 Å². The van der Waals surface area contributed by atoms with Crippen molar-refractivity contribution in [1.82, 2.24) is 0 Å². The maximum atomic E-state index is 13.2. The van der Waals surface area contributed by atoms with Gasteiger partial charge in [-0.3, -0.25) is 0 Å². The highest BCUT2D eigenvalue weighted by atomic mass is 19.3. The van der Waals surface area contributed by atoms with Gasteiger partial charge in [0.25, 0.3) is 5.92 Å². The summed E-state index contributed by atoms with van der Waals surface area (Å²) in [6, 6.07) is 5.64. The molecular weight excluding hydrogens is 196 g/mol. The third-order valence-electron chi connectivity index (χ3n) is 3.66. The summed E-state index contributed by atoms with van der Waals surface area (Å²) in [5.74, 6) is -2.70. The van der Waals surface area contributed by atoms with E-state index >= 15 is 0 Å². The van der Waals surface area contributed by atoms with E-state index in [1.807, 2.05) is 12.1 Å². The molecule has 0 amide bonds. The molecule has 1 aromatic rings. The van der Waals surface area contributed by atoms with E-state index in [4.69, 9.17) is 5.73 Å². The maximum absolute atomic E-state index is 13.2. The number of fused-ring (bicyclic) bond motifs is 1. The van der Waals surface area contributed by atoms with Crippen LogP contribution >= 0.6 is 0 Å². The van der Waals surface area contributed by atoms with Crippen LogP contribution < -0.4 is 5.73 Å². The minimum atomic E-state index is -2.70. The summed E-state index contributed by atoms with van der Waals surface area (Å²) < 4.78 is 26.4. The first kappa shape index (κ1) is 9.28. The first-order valence-electron chi connectivity index (χ1n) is 5.32. The van der Waals surface area contributed by atoms with Gasteiger partial charge in [0.2, 0.25) is 0 Å². The Balaban J connectivity index is 2.11. The van der Waals surface area contributed by atoms with Crippen molar-refractivity contribution in [3.05, 3.63) is 34.9 Å². The highest BCUT2D eigenvalue weighted by Crippen LogP contribution is 2.58. The number of nitrogens with two attached hydrogens (primary N) is 1. The smallest absolute Gasteiger partial charge is 0.272 e. The van der Waals surface area contributed by atoms with Gasteiger partial charge in [-0.1, -0.05) is 18.2 Å². The fourth-order valence-electron chi connectivity index (χ4n) is 2.64. The lowest BCUT2D eigenvalue weighted by atomic mass is 9.96. The topological polar surface area (TPSA) is 26.0 Å². The number of alkyl halides is 2.